The summed E-state index contributed by atoms with van der Waals surface area (Å²) in [6.07, 6.45) is 1.44. The fourth-order valence-electron chi connectivity index (χ4n) is 1.42. The third kappa shape index (κ3) is 3.94. The highest BCUT2D eigenvalue weighted by Crippen LogP contribution is 2.20. The molecule has 0 amide bonds. The van der Waals surface area contributed by atoms with E-state index in [0.29, 0.717) is 12.0 Å². The minimum absolute atomic E-state index is 0.265. The second-order valence-electron chi connectivity index (χ2n) is 4.14. The first-order valence-electron chi connectivity index (χ1n) is 5.10. The van der Waals surface area contributed by atoms with Gasteiger partial charge in [-0.25, -0.2) is 12.8 Å². The average molecular weight is 280 g/mol. The lowest BCUT2D eigenvalue weighted by molar-refractivity contribution is 0.561. The molecular weight excluding hydrogens is 265 g/mol. The smallest absolute Gasteiger partial charge is 0.151 e. The van der Waals surface area contributed by atoms with E-state index in [-0.39, 0.29) is 5.02 Å². The lowest BCUT2D eigenvalue weighted by Gasteiger charge is -2.18. The maximum atomic E-state index is 12.8. The Hall–Kier alpha value is -0.650. The van der Waals surface area contributed by atoms with E-state index in [9.17, 15) is 12.8 Å². The summed E-state index contributed by atoms with van der Waals surface area (Å²) in [5.74, 6) is -0.427. The zero-order valence-electron chi connectivity index (χ0n) is 9.65. The van der Waals surface area contributed by atoms with Crippen LogP contribution >= 0.6 is 11.6 Å². The van der Waals surface area contributed by atoms with Crippen molar-refractivity contribution in [2.75, 3.05) is 6.26 Å². The van der Waals surface area contributed by atoms with Crippen LogP contribution in [-0.2, 0) is 16.3 Å². The van der Waals surface area contributed by atoms with Crippen LogP contribution in [0.5, 0.6) is 0 Å². The van der Waals surface area contributed by atoms with Crippen LogP contribution in [0.3, 0.4) is 0 Å². The second kappa shape index (κ2) is 5.33. The van der Waals surface area contributed by atoms with Crippen molar-refractivity contribution in [3.8, 4) is 0 Å². The Labute approximate surface area is 106 Å². The van der Waals surface area contributed by atoms with Gasteiger partial charge in [0.15, 0.2) is 9.84 Å². The van der Waals surface area contributed by atoms with Gasteiger partial charge in [-0.15, -0.1) is 0 Å². The zero-order valence-corrected chi connectivity index (χ0v) is 11.2. The van der Waals surface area contributed by atoms with Crippen molar-refractivity contribution in [3.05, 3.63) is 34.6 Å². The minimum atomic E-state index is -3.19. The molecular formula is C11H15ClFNO2S. The third-order valence-corrected chi connectivity index (χ3v) is 4.80. The fraction of sp³-hybridized carbons (Fsp3) is 0.455. The summed E-state index contributed by atoms with van der Waals surface area (Å²) >= 11 is 5.85. The molecule has 1 aromatic rings. The molecule has 1 rings (SSSR count). The molecule has 0 fully saturated rings. The van der Waals surface area contributed by atoms with Crippen LogP contribution in [-0.4, -0.2) is 26.0 Å². The van der Waals surface area contributed by atoms with Gasteiger partial charge in [0.05, 0.1) is 5.25 Å². The van der Waals surface area contributed by atoms with Gasteiger partial charge < -0.3 is 5.73 Å². The molecule has 96 valence electrons. The Morgan fingerprint density at radius 3 is 2.53 bits per heavy atom. The van der Waals surface area contributed by atoms with Crippen molar-refractivity contribution >= 4 is 21.4 Å². The van der Waals surface area contributed by atoms with Crippen LogP contribution in [0.2, 0.25) is 5.02 Å². The highest BCUT2D eigenvalue weighted by Gasteiger charge is 2.23. The molecule has 0 aliphatic rings. The number of nitrogens with two attached hydrogens (primary N) is 1. The van der Waals surface area contributed by atoms with Crippen LogP contribution in [0.1, 0.15) is 12.5 Å². The first-order chi connectivity index (χ1) is 7.71. The average Bonchev–Trinajstić information content (AvgIpc) is 2.19. The van der Waals surface area contributed by atoms with Gasteiger partial charge in [-0.2, -0.15) is 0 Å². The van der Waals surface area contributed by atoms with Crippen molar-refractivity contribution in [2.45, 2.75) is 24.6 Å². The summed E-state index contributed by atoms with van der Waals surface area (Å²) in [4.78, 5) is 0. The van der Waals surface area contributed by atoms with E-state index in [1.165, 1.54) is 18.2 Å². The monoisotopic (exact) mass is 279 g/mol. The molecule has 3 nitrogen and oxygen atoms in total. The normalized spacial score (nSPS) is 15.6. The molecule has 0 bridgehead atoms. The molecule has 0 heterocycles. The topological polar surface area (TPSA) is 60.2 Å². The van der Waals surface area contributed by atoms with E-state index >= 15 is 0 Å². The van der Waals surface area contributed by atoms with Gasteiger partial charge in [0.25, 0.3) is 0 Å². The van der Waals surface area contributed by atoms with Crippen LogP contribution in [0.15, 0.2) is 18.2 Å². The number of benzene rings is 1. The molecule has 0 aliphatic carbocycles. The van der Waals surface area contributed by atoms with E-state index in [2.05, 4.69) is 0 Å². The molecule has 0 aliphatic heterocycles. The first kappa shape index (κ1) is 14.4. The molecule has 2 N–H and O–H groups in total. The summed E-state index contributed by atoms with van der Waals surface area (Å²) in [6, 6.07) is 3.42. The zero-order chi connectivity index (χ0) is 13.2. The van der Waals surface area contributed by atoms with Crippen molar-refractivity contribution in [1.82, 2.24) is 0 Å². The Bertz CT molecular complexity index is 504. The molecule has 17 heavy (non-hydrogen) atoms. The number of hydrogen-bond acceptors (Lipinski definition) is 3. The van der Waals surface area contributed by atoms with E-state index in [1.54, 1.807) is 6.92 Å². The predicted molar refractivity (Wildman–Crippen MR) is 67.4 cm³/mol. The molecule has 2 unspecified atom stereocenters. The molecule has 2 atom stereocenters. The molecule has 6 heteroatoms. The third-order valence-electron chi connectivity index (χ3n) is 2.75. The van der Waals surface area contributed by atoms with Crippen LogP contribution in [0.4, 0.5) is 4.39 Å². The summed E-state index contributed by atoms with van der Waals surface area (Å²) in [6.45, 7) is 1.55. The SMILES string of the molecule is CC(C(N)Cc1ccc(F)cc1Cl)S(C)(=O)=O. The molecule has 0 saturated carbocycles. The largest absolute Gasteiger partial charge is 0.326 e. The number of sulfone groups is 1. The lowest BCUT2D eigenvalue weighted by atomic mass is 10.0. The van der Waals surface area contributed by atoms with Gasteiger partial charge in [-0.1, -0.05) is 17.7 Å². The van der Waals surface area contributed by atoms with Crippen LogP contribution in [0.25, 0.3) is 0 Å². The van der Waals surface area contributed by atoms with E-state index < -0.39 is 26.9 Å². The van der Waals surface area contributed by atoms with E-state index in [4.69, 9.17) is 17.3 Å². The van der Waals surface area contributed by atoms with Crippen LogP contribution < -0.4 is 5.73 Å². The Morgan fingerprint density at radius 1 is 1.47 bits per heavy atom. The van der Waals surface area contributed by atoms with E-state index in [1.807, 2.05) is 0 Å². The maximum absolute atomic E-state index is 12.8. The quantitative estimate of drug-likeness (QED) is 0.914. The summed E-state index contributed by atoms with van der Waals surface area (Å²) in [5.41, 5.74) is 6.46. The molecule has 0 radical (unpaired) electrons. The van der Waals surface area contributed by atoms with Gasteiger partial charge in [0, 0.05) is 17.3 Å². The number of hydrogen-bond donors (Lipinski definition) is 1. The summed E-state index contributed by atoms with van der Waals surface area (Å²) in [5, 5.41) is -0.398. The minimum Gasteiger partial charge on any atom is -0.326 e. The fourth-order valence-corrected chi connectivity index (χ4v) is 2.40. The first-order valence-corrected chi connectivity index (χ1v) is 7.43. The predicted octanol–water partition coefficient (Wildman–Crippen LogP) is 1.78. The molecule has 1 aromatic carbocycles. The number of halogens is 2. The molecule has 0 saturated heterocycles. The van der Waals surface area contributed by atoms with Gasteiger partial charge in [-0.05, 0) is 31.0 Å². The van der Waals surface area contributed by atoms with Gasteiger partial charge in [0.2, 0.25) is 0 Å². The summed E-state index contributed by atoms with van der Waals surface area (Å²) < 4.78 is 35.5. The molecule has 0 spiro atoms. The highest BCUT2D eigenvalue weighted by molar-refractivity contribution is 7.91. The van der Waals surface area contributed by atoms with Crippen LogP contribution in [0, 0.1) is 5.82 Å². The maximum Gasteiger partial charge on any atom is 0.151 e. The summed E-state index contributed by atoms with van der Waals surface area (Å²) in [7, 11) is -3.19. The Morgan fingerprint density at radius 2 is 2.06 bits per heavy atom. The Balaban J connectivity index is 2.85. The second-order valence-corrected chi connectivity index (χ2v) is 6.95. The Kier molecular flexibility index (Phi) is 4.52. The van der Waals surface area contributed by atoms with Crippen molar-refractivity contribution in [1.29, 1.82) is 0 Å². The lowest BCUT2D eigenvalue weighted by Crippen LogP contribution is -2.39. The number of rotatable bonds is 4. The van der Waals surface area contributed by atoms with Gasteiger partial charge >= 0.3 is 0 Å². The highest BCUT2D eigenvalue weighted by atomic mass is 35.5. The standard InChI is InChI=1S/C11H15ClFNO2S/c1-7(17(2,15)16)11(14)5-8-3-4-9(13)6-10(8)12/h3-4,6-7,11H,5,14H2,1-2H3. The van der Waals surface area contributed by atoms with Crippen molar-refractivity contribution < 1.29 is 12.8 Å². The van der Waals surface area contributed by atoms with E-state index in [0.717, 1.165) is 6.26 Å². The molecule has 0 aromatic heterocycles. The van der Waals surface area contributed by atoms with Gasteiger partial charge in [0.1, 0.15) is 5.82 Å². The van der Waals surface area contributed by atoms with Crippen molar-refractivity contribution in [3.63, 3.8) is 0 Å². The van der Waals surface area contributed by atoms with Crippen molar-refractivity contribution in [2.24, 2.45) is 5.73 Å². The van der Waals surface area contributed by atoms with Gasteiger partial charge in [-0.3, -0.25) is 0 Å².